The monoisotopic (exact) mass is 438 g/mol. The number of carbonyl (C=O) groups excluding carboxylic acids is 5. The number of anilines is 1. The molecule has 4 amide bonds. The molecule has 2 heterocycles. The number of benzene rings is 2. The average Bonchev–Trinajstić information content (AvgIpc) is 3.14. The van der Waals surface area contributed by atoms with E-state index in [0.29, 0.717) is 21.8 Å². The maximum absolute atomic E-state index is 12.3. The summed E-state index contributed by atoms with van der Waals surface area (Å²) in [6.07, 6.45) is 1.29. The number of fused-ring (bicyclic) bond motifs is 2. The summed E-state index contributed by atoms with van der Waals surface area (Å²) in [5.41, 5.74) is 3.46. The zero-order valence-corrected chi connectivity index (χ0v) is 16.8. The van der Waals surface area contributed by atoms with Crippen molar-refractivity contribution in [1.82, 2.24) is 10.3 Å². The molecule has 2 aliphatic heterocycles. The van der Waals surface area contributed by atoms with Crippen molar-refractivity contribution in [2.75, 3.05) is 11.4 Å². The number of carbonyl (C=O) groups is 5. The molecule has 9 nitrogen and oxygen atoms in total. The number of ketones is 1. The van der Waals surface area contributed by atoms with E-state index in [1.807, 2.05) is 0 Å². The van der Waals surface area contributed by atoms with Gasteiger partial charge in [-0.05, 0) is 36.8 Å². The molecule has 0 radical (unpaired) electrons. The lowest BCUT2D eigenvalue weighted by atomic mass is 10.1. The number of halogens is 1. The van der Waals surface area contributed by atoms with E-state index in [4.69, 9.17) is 11.6 Å². The van der Waals surface area contributed by atoms with Gasteiger partial charge >= 0.3 is 5.91 Å². The van der Waals surface area contributed by atoms with Crippen molar-refractivity contribution in [2.45, 2.75) is 12.8 Å². The molecule has 0 spiro atoms. The molecule has 0 aliphatic carbocycles. The quantitative estimate of drug-likeness (QED) is 0.243. The van der Waals surface area contributed by atoms with Crippen LogP contribution in [0.4, 0.5) is 5.69 Å². The van der Waals surface area contributed by atoms with Crippen LogP contribution in [0.1, 0.15) is 43.9 Å². The van der Waals surface area contributed by atoms with Crippen LogP contribution in [0.5, 0.6) is 0 Å². The topological polar surface area (TPSA) is 116 Å². The van der Waals surface area contributed by atoms with Gasteiger partial charge in [0.15, 0.2) is 0 Å². The minimum Gasteiger partial charge on any atom is -0.283 e. The molecule has 0 bridgehead atoms. The number of hydrogen-bond donors (Lipinski definition) is 1. The summed E-state index contributed by atoms with van der Waals surface area (Å²) in [6.45, 7) is 0.0940. The van der Waals surface area contributed by atoms with Crippen molar-refractivity contribution in [3.8, 4) is 0 Å². The van der Waals surface area contributed by atoms with E-state index in [1.165, 1.54) is 18.2 Å². The number of hydrazone groups is 1. The van der Waals surface area contributed by atoms with Crippen molar-refractivity contribution in [3.05, 3.63) is 64.2 Å². The SMILES string of the molecule is O=C(CCCN1C(=O)c2ccccc2C1=O)N/N=C\N1C(=O)C(=O)c2cc(Cl)ccc21. The van der Waals surface area contributed by atoms with Crippen LogP contribution in [-0.4, -0.2) is 47.2 Å². The Bertz CT molecular complexity index is 1140. The van der Waals surface area contributed by atoms with Gasteiger partial charge in [0.05, 0.1) is 22.4 Å². The zero-order chi connectivity index (χ0) is 22.1. The van der Waals surface area contributed by atoms with E-state index in [0.717, 1.165) is 16.1 Å². The zero-order valence-electron chi connectivity index (χ0n) is 16.0. The Labute approximate surface area is 181 Å². The highest BCUT2D eigenvalue weighted by Crippen LogP contribution is 2.30. The van der Waals surface area contributed by atoms with E-state index < -0.39 is 17.6 Å². The minimum absolute atomic E-state index is 0.00379. The highest BCUT2D eigenvalue weighted by atomic mass is 35.5. The van der Waals surface area contributed by atoms with E-state index in [1.54, 1.807) is 24.3 Å². The van der Waals surface area contributed by atoms with E-state index >= 15 is 0 Å². The Morgan fingerprint density at radius 1 is 0.968 bits per heavy atom. The Hall–Kier alpha value is -3.85. The second-order valence-corrected chi connectivity index (χ2v) is 7.29. The number of amides is 4. The summed E-state index contributed by atoms with van der Waals surface area (Å²) in [6, 6.07) is 11.0. The molecule has 2 aromatic carbocycles. The first-order chi connectivity index (χ1) is 14.9. The molecule has 156 valence electrons. The third-order valence-electron chi connectivity index (χ3n) is 4.90. The Morgan fingerprint density at radius 2 is 1.65 bits per heavy atom. The number of Topliss-reactive ketones (excluding diaryl/α,β-unsaturated/α-hetero) is 1. The number of rotatable bonds is 6. The van der Waals surface area contributed by atoms with Crippen LogP contribution in [0, 0.1) is 0 Å². The number of nitrogens with one attached hydrogen (secondary N) is 1. The Morgan fingerprint density at radius 3 is 2.32 bits per heavy atom. The van der Waals surface area contributed by atoms with Crippen molar-refractivity contribution in [1.29, 1.82) is 0 Å². The maximum atomic E-state index is 12.3. The van der Waals surface area contributed by atoms with Crippen LogP contribution < -0.4 is 10.3 Å². The molecule has 1 N–H and O–H groups in total. The van der Waals surface area contributed by atoms with Crippen LogP contribution in [0.25, 0.3) is 0 Å². The molecule has 31 heavy (non-hydrogen) atoms. The van der Waals surface area contributed by atoms with Crippen molar-refractivity contribution in [3.63, 3.8) is 0 Å². The predicted molar refractivity (Wildman–Crippen MR) is 111 cm³/mol. The molecule has 0 unspecified atom stereocenters. The first-order valence-electron chi connectivity index (χ1n) is 9.33. The Kier molecular flexibility index (Phi) is 5.35. The summed E-state index contributed by atoms with van der Waals surface area (Å²) in [7, 11) is 0. The lowest BCUT2D eigenvalue weighted by molar-refractivity contribution is -0.121. The first kappa shape index (κ1) is 20.4. The largest absolute Gasteiger partial charge is 0.304 e. The third kappa shape index (κ3) is 3.71. The van der Waals surface area contributed by atoms with E-state index in [9.17, 15) is 24.0 Å². The maximum Gasteiger partial charge on any atom is 0.304 e. The molecular formula is C21H15ClN4O5. The number of imide groups is 1. The van der Waals surface area contributed by atoms with Gasteiger partial charge in [0.1, 0.15) is 6.34 Å². The predicted octanol–water partition coefficient (Wildman–Crippen LogP) is 2.01. The molecule has 2 aliphatic rings. The first-order valence-corrected chi connectivity index (χ1v) is 9.71. The lowest BCUT2D eigenvalue weighted by Gasteiger charge is -2.13. The van der Waals surface area contributed by atoms with Gasteiger partial charge in [0, 0.05) is 18.0 Å². The lowest BCUT2D eigenvalue weighted by Crippen LogP contribution is -2.32. The molecular weight excluding hydrogens is 424 g/mol. The molecule has 0 aromatic heterocycles. The third-order valence-corrected chi connectivity index (χ3v) is 5.14. The van der Waals surface area contributed by atoms with Crippen LogP contribution in [0.15, 0.2) is 47.6 Å². The van der Waals surface area contributed by atoms with Gasteiger partial charge in [0.2, 0.25) is 5.91 Å². The van der Waals surface area contributed by atoms with Gasteiger partial charge in [0.25, 0.3) is 17.6 Å². The summed E-state index contributed by atoms with van der Waals surface area (Å²) in [5, 5.41) is 4.04. The van der Waals surface area contributed by atoms with Crippen LogP contribution in [0.2, 0.25) is 5.02 Å². The Balaban J connectivity index is 1.29. The fourth-order valence-electron chi connectivity index (χ4n) is 3.40. The molecule has 0 saturated carbocycles. The van der Waals surface area contributed by atoms with Gasteiger partial charge in [-0.3, -0.25) is 33.8 Å². The van der Waals surface area contributed by atoms with E-state index in [-0.39, 0.29) is 36.8 Å². The highest BCUT2D eigenvalue weighted by molar-refractivity contribution is 6.55. The van der Waals surface area contributed by atoms with E-state index in [2.05, 4.69) is 10.5 Å². The van der Waals surface area contributed by atoms with Crippen LogP contribution in [0.3, 0.4) is 0 Å². The van der Waals surface area contributed by atoms with Crippen LogP contribution >= 0.6 is 11.6 Å². The van der Waals surface area contributed by atoms with Gasteiger partial charge in [-0.25, -0.2) is 5.43 Å². The number of nitrogens with zero attached hydrogens (tertiary/aromatic N) is 3. The molecule has 0 saturated heterocycles. The highest BCUT2D eigenvalue weighted by Gasteiger charge is 2.36. The second kappa shape index (κ2) is 8.11. The summed E-state index contributed by atoms with van der Waals surface area (Å²) < 4.78 is 0. The fourth-order valence-corrected chi connectivity index (χ4v) is 3.58. The molecule has 2 aromatic rings. The van der Waals surface area contributed by atoms with Crippen molar-refractivity contribution in [2.24, 2.45) is 5.10 Å². The normalized spacial score (nSPS) is 15.1. The van der Waals surface area contributed by atoms with Gasteiger partial charge in [-0.2, -0.15) is 5.10 Å². The molecule has 10 heteroatoms. The van der Waals surface area contributed by atoms with Gasteiger partial charge in [-0.15, -0.1) is 0 Å². The summed E-state index contributed by atoms with van der Waals surface area (Å²) in [4.78, 5) is 62.8. The minimum atomic E-state index is -0.805. The standard InChI is InChI=1S/C21H15ClN4O5/c22-12-7-8-16-15(10-12)18(28)21(31)26(16)11-23-24-17(27)6-3-9-25-19(29)13-4-1-2-5-14(13)20(25)30/h1-2,4-5,7-8,10-11H,3,6,9H2,(H,24,27)/b23-11-. The second-order valence-electron chi connectivity index (χ2n) is 6.86. The van der Waals surface area contributed by atoms with Gasteiger partial charge < -0.3 is 0 Å². The summed E-state index contributed by atoms with van der Waals surface area (Å²) >= 11 is 5.85. The molecule has 4 rings (SSSR count). The average molecular weight is 439 g/mol. The van der Waals surface area contributed by atoms with Crippen molar-refractivity contribution < 1.29 is 24.0 Å². The van der Waals surface area contributed by atoms with Gasteiger partial charge in [-0.1, -0.05) is 23.7 Å². The molecule has 0 fully saturated rings. The number of hydrogen-bond acceptors (Lipinski definition) is 6. The smallest absolute Gasteiger partial charge is 0.283 e. The van der Waals surface area contributed by atoms with Crippen LogP contribution in [-0.2, 0) is 9.59 Å². The molecule has 0 atom stereocenters. The fraction of sp³-hybridized carbons (Fsp3) is 0.143. The summed E-state index contributed by atoms with van der Waals surface area (Å²) in [5.74, 6) is -2.75. The van der Waals surface area contributed by atoms with Crippen molar-refractivity contribution >= 4 is 53.0 Å².